The molecular formula is C15H20N2O4. The third-order valence-corrected chi connectivity index (χ3v) is 3.76. The van der Waals surface area contributed by atoms with Crippen LogP contribution in [0.1, 0.15) is 22.8 Å². The molecule has 1 aliphatic heterocycles. The highest BCUT2D eigenvalue weighted by molar-refractivity contribution is 5.98. The number of benzene rings is 1. The Balaban J connectivity index is 2.36. The third-order valence-electron chi connectivity index (χ3n) is 3.76. The van der Waals surface area contributed by atoms with Crippen molar-refractivity contribution in [2.24, 2.45) is 0 Å². The summed E-state index contributed by atoms with van der Waals surface area (Å²) in [4.78, 5) is 25.9. The van der Waals surface area contributed by atoms with Gasteiger partial charge >= 0.3 is 0 Å². The highest BCUT2D eigenvalue weighted by Gasteiger charge is 2.30. The number of methoxy groups -OCH3 is 2. The van der Waals surface area contributed by atoms with Crippen LogP contribution in [0.25, 0.3) is 0 Å². The number of carbonyl (C=O) groups is 2. The van der Waals surface area contributed by atoms with Crippen molar-refractivity contribution < 1.29 is 19.1 Å². The molecule has 2 rings (SSSR count). The first kappa shape index (κ1) is 15.2. The van der Waals surface area contributed by atoms with E-state index in [4.69, 9.17) is 9.47 Å². The van der Waals surface area contributed by atoms with Gasteiger partial charge in [0.15, 0.2) is 0 Å². The molecular weight excluding hydrogens is 272 g/mol. The van der Waals surface area contributed by atoms with E-state index in [0.717, 1.165) is 5.56 Å². The van der Waals surface area contributed by atoms with Gasteiger partial charge in [-0.1, -0.05) is 0 Å². The van der Waals surface area contributed by atoms with E-state index in [1.165, 1.54) is 0 Å². The van der Waals surface area contributed by atoms with Gasteiger partial charge in [-0.05, 0) is 26.0 Å². The summed E-state index contributed by atoms with van der Waals surface area (Å²) < 4.78 is 10.6. The molecule has 0 saturated carbocycles. The van der Waals surface area contributed by atoms with Crippen LogP contribution in [0.3, 0.4) is 0 Å². The predicted molar refractivity (Wildman–Crippen MR) is 77.8 cm³/mol. The Kier molecular flexibility index (Phi) is 4.35. The normalized spacial score (nSPS) is 18.2. The van der Waals surface area contributed by atoms with Gasteiger partial charge in [0.05, 0.1) is 14.2 Å². The van der Waals surface area contributed by atoms with Crippen molar-refractivity contribution in [2.75, 3.05) is 27.3 Å². The molecule has 0 bridgehead atoms. The first-order valence-electron chi connectivity index (χ1n) is 6.81. The summed E-state index contributed by atoms with van der Waals surface area (Å²) >= 11 is 0. The topological polar surface area (TPSA) is 67.9 Å². The maximum atomic E-state index is 12.6. The van der Waals surface area contributed by atoms with E-state index in [1.807, 2.05) is 6.92 Å². The molecule has 2 amide bonds. The summed E-state index contributed by atoms with van der Waals surface area (Å²) in [6, 6.07) is 2.88. The summed E-state index contributed by atoms with van der Waals surface area (Å²) in [5.41, 5.74) is 1.29. The molecule has 21 heavy (non-hydrogen) atoms. The number of hydrogen-bond donors (Lipinski definition) is 1. The minimum atomic E-state index is -0.482. The second kappa shape index (κ2) is 6.03. The van der Waals surface area contributed by atoms with Crippen LogP contribution in [-0.2, 0) is 4.79 Å². The lowest BCUT2D eigenvalue weighted by molar-refractivity contribution is -0.127. The zero-order valence-electron chi connectivity index (χ0n) is 12.7. The Bertz CT molecular complexity index is 546. The number of rotatable bonds is 3. The first-order valence-corrected chi connectivity index (χ1v) is 6.81. The van der Waals surface area contributed by atoms with Gasteiger partial charge in [-0.15, -0.1) is 0 Å². The molecule has 1 saturated heterocycles. The van der Waals surface area contributed by atoms with E-state index in [1.54, 1.807) is 38.2 Å². The molecule has 114 valence electrons. The Morgan fingerprint density at radius 3 is 2.38 bits per heavy atom. The van der Waals surface area contributed by atoms with Crippen LogP contribution in [0.2, 0.25) is 0 Å². The Labute approximate surface area is 124 Å². The van der Waals surface area contributed by atoms with Crippen molar-refractivity contribution in [3.05, 3.63) is 23.3 Å². The molecule has 0 spiro atoms. The molecule has 1 atom stereocenters. The lowest BCUT2D eigenvalue weighted by Gasteiger charge is -2.33. The molecule has 0 radical (unpaired) electrons. The Hall–Kier alpha value is -2.24. The number of piperazine rings is 1. The second-order valence-corrected chi connectivity index (χ2v) is 4.97. The second-order valence-electron chi connectivity index (χ2n) is 4.97. The average Bonchev–Trinajstić information content (AvgIpc) is 2.49. The number of ether oxygens (including phenoxy) is 2. The maximum Gasteiger partial charge on any atom is 0.254 e. The van der Waals surface area contributed by atoms with Crippen molar-refractivity contribution >= 4 is 11.8 Å². The Morgan fingerprint density at radius 2 is 1.86 bits per heavy atom. The monoisotopic (exact) mass is 292 g/mol. The van der Waals surface area contributed by atoms with Crippen molar-refractivity contribution in [3.8, 4) is 11.5 Å². The SMILES string of the molecule is COc1cc(C(=O)N2CCNC(=O)C2C)cc(OC)c1C. The molecule has 1 aliphatic rings. The standard InChI is InChI=1S/C15H20N2O4/c1-9-12(20-3)7-11(8-13(9)21-4)15(19)17-6-5-16-14(18)10(17)2/h7-8,10H,5-6H2,1-4H3,(H,16,18). The molecule has 1 aromatic rings. The van der Waals surface area contributed by atoms with Gasteiger partial charge in [0, 0.05) is 24.2 Å². The van der Waals surface area contributed by atoms with E-state index >= 15 is 0 Å². The van der Waals surface area contributed by atoms with Crippen LogP contribution < -0.4 is 14.8 Å². The highest BCUT2D eigenvalue weighted by atomic mass is 16.5. The van der Waals surface area contributed by atoms with Crippen molar-refractivity contribution in [3.63, 3.8) is 0 Å². The highest BCUT2D eigenvalue weighted by Crippen LogP contribution is 2.30. The smallest absolute Gasteiger partial charge is 0.254 e. The molecule has 1 unspecified atom stereocenters. The van der Waals surface area contributed by atoms with E-state index in [0.29, 0.717) is 30.2 Å². The largest absolute Gasteiger partial charge is 0.496 e. The van der Waals surface area contributed by atoms with Crippen LogP contribution >= 0.6 is 0 Å². The van der Waals surface area contributed by atoms with Gasteiger partial charge in [-0.2, -0.15) is 0 Å². The number of amides is 2. The lowest BCUT2D eigenvalue weighted by Crippen LogP contribution is -2.55. The van der Waals surface area contributed by atoms with Crippen molar-refractivity contribution in [1.82, 2.24) is 10.2 Å². The van der Waals surface area contributed by atoms with Crippen LogP contribution in [0, 0.1) is 6.92 Å². The molecule has 1 fully saturated rings. The van der Waals surface area contributed by atoms with Crippen LogP contribution in [-0.4, -0.2) is 50.1 Å². The summed E-state index contributed by atoms with van der Waals surface area (Å²) in [5.74, 6) is 0.841. The first-order chi connectivity index (χ1) is 9.99. The van der Waals surface area contributed by atoms with Gasteiger partial charge in [-0.25, -0.2) is 0 Å². The van der Waals surface area contributed by atoms with Gasteiger partial charge in [-0.3, -0.25) is 9.59 Å². The quantitative estimate of drug-likeness (QED) is 0.901. The van der Waals surface area contributed by atoms with E-state index in [2.05, 4.69) is 5.32 Å². The number of nitrogens with one attached hydrogen (secondary N) is 1. The summed E-state index contributed by atoms with van der Waals surface area (Å²) in [5, 5.41) is 2.74. The molecule has 1 N–H and O–H groups in total. The molecule has 6 heteroatoms. The average molecular weight is 292 g/mol. The zero-order valence-corrected chi connectivity index (χ0v) is 12.7. The molecule has 0 aliphatic carbocycles. The van der Waals surface area contributed by atoms with E-state index in [9.17, 15) is 9.59 Å². The van der Waals surface area contributed by atoms with Crippen molar-refractivity contribution in [2.45, 2.75) is 19.9 Å². The van der Waals surface area contributed by atoms with Gasteiger partial charge in [0.25, 0.3) is 5.91 Å². The fourth-order valence-corrected chi connectivity index (χ4v) is 2.44. The van der Waals surface area contributed by atoms with Gasteiger partial charge in [0.2, 0.25) is 5.91 Å². The van der Waals surface area contributed by atoms with Crippen LogP contribution in [0.15, 0.2) is 12.1 Å². The minimum absolute atomic E-state index is 0.138. The molecule has 1 aromatic carbocycles. The Morgan fingerprint density at radius 1 is 1.29 bits per heavy atom. The summed E-state index contributed by atoms with van der Waals surface area (Å²) in [6.45, 7) is 4.54. The van der Waals surface area contributed by atoms with Crippen LogP contribution in [0.4, 0.5) is 0 Å². The van der Waals surface area contributed by atoms with Gasteiger partial charge < -0.3 is 19.7 Å². The predicted octanol–water partition coefficient (Wildman–Crippen LogP) is 0.973. The maximum absolute atomic E-state index is 12.6. The summed E-state index contributed by atoms with van der Waals surface area (Å²) in [7, 11) is 3.10. The molecule has 0 aromatic heterocycles. The minimum Gasteiger partial charge on any atom is -0.496 e. The van der Waals surface area contributed by atoms with Crippen molar-refractivity contribution in [1.29, 1.82) is 0 Å². The van der Waals surface area contributed by atoms with E-state index < -0.39 is 6.04 Å². The third kappa shape index (κ3) is 2.79. The molecule has 1 heterocycles. The van der Waals surface area contributed by atoms with Crippen LogP contribution in [0.5, 0.6) is 11.5 Å². The number of nitrogens with zero attached hydrogens (tertiary/aromatic N) is 1. The fraction of sp³-hybridized carbons (Fsp3) is 0.467. The summed E-state index contributed by atoms with van der Waals surface area (Å²) in [6.07, 6.45) is 0. The fourth-order valence-electron chi connectivity index (χ4n) is 2.44. The van der Waals surface area contributed by atoms with Gasteiger partial charge in [0.1, 0.15) is 17.5 Å². The lowest BCUT2D eigenvalue weighted by atomic mass is 10.1. The number of carbonyl (C=O) groups excluding carboxylic acids is 2. The van der Waals surface area contributed by atoms with E-state index in [-0.39, 0.29) is 11.8 Å². The zero-order chi connectivity index (χ0) is 15.6. The number of hydrogen-bond acceptors (Lipinski definition) is 4. The molecule has 6 nitrogen and oxygen atoms in total.